The molecule has 1 atom stereocenters. The van der Waals surface area contributed by atoms with Crippen LogP contribution in [0.15, 0.2) is 30.9 Å². The van der Waals surface area contributed by atoms with Crippen molar-refractivity contribution in [3.63, 3.8) is 0 Å². The van der Waals surface area contributed by atoms with Gasteiger partial charge in [0.05, 0.1) is 15.6 Å². The summed E-state index contributed by atoms with van der Waals surface area (Å²) in [5.74, 6) is -1.03. The van der Waals surface area contributed by atoms with Crippen molar-refractivity contribution in [1.29, 1.82) is 0 Å². The molecule has 19 heavy (non-hydrogen) atoms. The lowest BCUT2D eigenvalue weighted by atomic mass is 10.2. The number of rotatable bonds is 5. The molecule has 0 bridgehead atoms. The van der Waals surface area contributed by atoms with E-state index in [1.807, 2.05) is 0 Å². The SMILES string of the molecule is C=CCNC(=O)[C@H](C)OC(=O)c1ccc(Cl)c(Cl)c1. The highest BCUT2D eigenvalue weighted by atomic mass is 35.5. The smallest absolute Gasteiger partial charge is 0.338 e. The fourth-order valence-electron chi connectivity index (χ4n) is 1.22. The van der Waals surface area contributed by atoms with Gasteiger partial charge in [0.15, 0.2) is 6.10 Å². The Morgan fingerprint density at radius 2 is 2.11 bits per heavy atom. The average molecular weight is 302 g/mol. The third-order valence-corrected chi connectivity index (χ3v) is 2.97. The number of hydrogen-bond acceptors (Lipinski definition) is 3. The van der Waals surface area contributed by atoms with Gasteiger partial charge < -0.3 is 10.1 Å². The summed E-state index contributed by atoms with van der Waals surface area (Å²) in [5.41, 5.74) is 0.234. The molecule has 0 aliphatic heterocycles. The Hall–Kier alpha value is -1.52. The van der Waals surface area contributed by atoms with Crippen molar-refractivity contribution in [2.24, 2.45) is 0 Å². The number of nitrogens with one attached hydrogen (secondary N) is 1. The molecule has 0 aliphatic carbocycles. The summed E-state index contributed by atoms with van der Waals surface area (Å²) in [5, 5.41) is 3.12. The van der Waals surface area contributed by atoms with E-state index in [1.54, 1.807) is 0 Å². The maximum absolute atomic E-state index is 11.8. The molecule has 4 nitrogen and oxygen atoms in total. The van der Waals surface area contributed by atoms with Crippen molar-refractivity contribution < 1.29 is 14.3 Å². The Bertz CT molecular complexity index is 503. The maximum Gasteiger partial charge on any atom is 0.338 e. The predicted octanol–water partition coefficient (Wildman–Crippen LogP) is 2.84. The highest BCUT2D eigenvalue weighted by molar-refractivity contribution is 6.42. The van der Waals surface area contributed by atoms with Gasteiger partial charge in [0.25, 0.3) is 5.91 Å². The number of carbonyl (C=O) groups is 2. The van der Waals surface area contributed by atoms with E-state index in [2.05, 4.69) is 11.9 Å². The van der Waals surface area contributed by atoms with Crippen LogP contribution < -0.4 is 5.32 Å². The molecule has 0 saturated heterocycles. The molecule has 0 aliphatic rings. The van der Waals surface area contributed by atoms with Gasteiger partial charge in [0.2, 0.25) is 0 Å². The molecule has 1 amide bonds. The van der Waals surface area contributed by atoms with Crippen molar-refractivity contribution in [1.82, 2.24) is 5.32 Å². The lowest BCUT2D eigenvalue weighted by molar-refractivity contribution is -0.128. The highest BCUT2D eigenvalue weighted by Crippen LogP contribution is 2.23. The van der Waals surface area contributed by atoms with E-state index in [9.17, 15) is 9.59 Å². The number of hydrogen-bond donors (Lipinski definition) is 1. The zero-order valence-corrected chi connectivity index (χ0v) is 11.8. The Morgan fingerprint density at radius 1 is 1.42 bits per heavy atom. The minimum Gasteiger partial charge on any atom is -0.449 e. The number of amides is 1. The molecule has 0 spiro atoms. The molecule has 0 radical (unpaired) electrons. The number of carbonyl (C=O) groups excluding carboxylic acids is 2. The van der Waals surface area contributed by atoms with E-state index >= 15 is 0 Å². The minimum absolute atomic E-state index is 0.234. The van der Waals surface area contributed by atoms with Crippen LogP contribution >= 0.6 is 23.2 Å². The number of ether oxygens (including phenoxy) is 1. The summed E-state index contributed by atoms with van der Waals surface area (Å²) in [6.45, 7) is 5.26. The first-order chi connectivity index (χ1) is 8.95. The Balaban J connectivity index is 2.65. The second-order valence-electron chi connectivity index (χ2n) is 3.71. The van der Waals surface area contributed by atoms with Crippen LogP contribution in [0.4, 0.5) is 0 Å². The molecular weight excluding hydrogens is 289 g/mol. The van der Waals surface area contributed by atoms with Gasteiger partial charge in [-0.2, -0.15) is 0 Å². The molecule has 0 unspecified atom stereocenters. The first-order valence-electron chi connectivity index (χ1n) is 5.50. The van der Waals surface area contributed by atoms with Crippen molar-refractivity contribution in [2.75, 3.05) is 6.54 Å². The van der Waals surface area contributed by atoms with Gasteiger partial charge >= 0.3 is 5.97 Å². The van der Waals surface area contributed by atoms with Crippen LogP contribution in [0.1, 0.15) is 17.3 Å². The number of benzene rings is 1. The molecule has 0 saturated carbocycles. The van der Waals surface area contributed by atoms with Gasteiger partial charge in [-0.05, 0) is 25.1 Å². The molecule has 1 aromatic rings. The molecule has 1 rings (SSSR count). The molecule has 1 N–H and O–H groups in total. The third-order valence-electron chi connectivity index (χ3n) is 2.23. The summed E-state index contributed by atoms with van der Waals surface area (Å²) in [7, 11) is 0. The summed E-state index contributed by atoms with van der Waals surface area (Å²) >= 11 is 11.5. The van der Waals surface area contributed by atoms with E-state index in [0.29, 0.717) is 11.6 Å². The lowest BCUT2D eigenvalue weighted by Gasteiger charge is -2.12. The Kier molecular flexibility index (Phi) is 5.86. The second-order valence-corrected chi connectivity index (χ2v) is 4.52. The molecule has 0 heterocycles. The van der Waals surface area contributed by atoms with Gasteiger partial charge in [-0.1, -0.05) is 29.3 Å². The van der Waals surface area contributed by atoms with E-state index in [0.717, 1.165) is 0 Å². The van der Waals surface area contributed by atoms with Gasteiger partial charge in [0.1, 0.15) is 0 Å². The van der Waals surface area contributed by atoms with Gasteiger partial charge in [-0.25, -0.2) is 4.79 Å². The normalized spacial score (nSPS) is 11.5. The Labute approximate surface area is 121 Å². The van der Waals surface area contributed by atoms with Crippen molar-refractivity contribution >= 4 is 35.1 Å². The summed E-state index contributed by atoms with van der Waals surface area (Å²) in [4.78, 5) is 23.3. The topological polar surface area (TPSA) is 55.4 Å². The van der Waals surface area contributed by atoms with Gasteiger partial charge in [-0.15, -0.1) is 6.58 Å². The van der Waals surface area contributed by atoms with Crippen LogP contribution in [0.2, 0.25) is 10.0 Å². The number of esters is 1. The largest absolute Gasteiger partial charge is 0.449 e. The molecule has 1 aromatic carbocycles. The quantitative estimate of drug-likeness (QED) is 0.672. The lowest BCUT2D eigenvalue weighted by Crippen LogP contribution is -2.35. The van der Waals surface area contributed by atoms with E-state index in [4.69, 9.17) is 27.9 Å². The van der Waals surface area contributed by atoms with Crippen molar-refractivity contribution in [3.8, 4) is 0 Å². The monoisotopic (exact) mass is 301 g/mol. The predicted molar refractivity (Wildman–Crippen MR) is 74.5 cm³/mol. The third kappa shape index (κ3) is 4.58. The van der Waals surface area contributed by atoms with E-state index in [1.165, 1.54) is 31.2 Å². The first kappa shape index (κ1) is 15.5. The summed E-state index contributed by atoms with van der Waals surface area (Å²) < 4.78 is 5.00. The van der Waals surface area contributed by atoms with Crippen LogP contribution in [0.25, 0.3) is 0 Å². The molecule has 6 heteroatoms. The first-order valence-corrected chi connectivity index (χ1v) is 6.26. The van der Waals surface area contributed by atoms with Crippen LogP contribution in [-0.4, -0.2) is 24.5 Å². The van der Waals surface area contributed by atoms with E-state index in [-0.39, 0.29) is 10.6 Å². The van der Waals surface area contributed by atoms with E-state index < -0.39 is 18.0 Å². The zero-order valence-electron chi connectivity index (χ0n) is 10.3. The standard InChI is InChI=1S/C13H13Cl2NO3/c1-3-6-16-12(17)8(2)19-13(18)9-4-5-10(14)11(15)7-9/h3-5,7-8H,1,6H2,2H3,(H,16,17)/t8-/m0/s1. The highest BCUT2D eigenvalue weighted by Gasteiger charge is 2.18. The maximum atomic E-state index is 11.8. The summed E-state index contributed by atoms with van der Waals surface area (Å²) in [6.07, 6.45) is 0.632. The van der Waals surface area contributed by atoms with Gasteiger partial charge in [0, 0.05) is 6.54 Å². The number of halogens is 2. The van der Waals surface area contributed by atoms with Crippen LogP contribution in [0, 0.1) is 0 Å². The molecule has 0 aromatic heterocycles. The fourth-order valence-corrected chi connectivity index (χ4v) is 1.52. The minimum atomic E-state index is -0.901. The molecule has 102 valence electrons. The molecular formula is C13H13Cl2NO3. The second kappa shape index (κ2) is 7.16. The summed E-state index contributed by atoms with van der Waals surface area (Å²) in [6, 6.07) is 4.36. The van der Waals surface area contributed by atoms with Crippen molar-refractivity contribution in [3.05, 3.63) is 46.5 Å². The zero-order chi connectivity index (χ0) is 14.4. The van der Waals surface area contributed by atoms with Gasteiger partial charge in [-0.3, -0.25) is 4.79 Å². The van der Waals surface area contributed by atoms with Crippen LogP contribution in [-0.2, 0) is 9.53 Å². The molecule has 0 fully saturated rings. The average Bonchev–Trinajstić information content (AvgIpc) is 2.38. The van der Waals surface area contributed by atoms with Crippen LogP contribution in [0.3, 0.4) is 0 Å². The van der Waals surface area contributed by atoms with Crippen LogP contribution in [0.5, 0.6) is 0 Å². The fraction of sp³-hybridized carbons (Fsp3) is 0.231. The Morgan fingerprint density at radius 3 is 2.68 bits per heavy atom. The van der Waals surface area contributed by atoms with Crippen molar-refractivity contribution in [2.45, 2.75) is 13.0 Å².